The lowest BCUT2D eigenvalue weighted by atomic mass is 10.1. The number of hydrogen-bond acceptors (Lipinski definition) is 7. The van der Waals surface area contributed by atoms with E-state index in [1.165, 1.54) is 4.68 Å². The molecule has 5 atom stereocenters. The van der Waals surface area contributed by atoms with Crippen LogP contribution < -0.4 is 5.73 Å². The summed E-state index contributed by atoms with van der Waals surface area (Å²) in [6, 6.07) is 5.32. The Morgan fingerprint density at radius 2 is 2.27 bits per heavy atom. The molecule has 0 bridgehead atoms. The van der Waals surface area contributed by atoms with Crippen LogP contribution in [-0.2, 0) is 18.3 Å². The lowest BCUT2D eigenvalue weighted by Gasteiger charge is -2.27. The molecule has 0 saturated carbocycles. The number of anilines is 1. The van der Waals surface area contributed by atoms with Crippen LogP contribution in [0.25, 0.3) is 10.9 Å². The summed E-state index contributed by atoms with van der Waals surface area (Å²) in [5, 5.41) is 15.3. The molecule has 2 aromatic rings. The number of nitrogen functional groups attached to an aromatic ring is 1. The van der Waals surface area contributed by atoms with Crippen LogP contribution >= 0.6 is 7.82 Å². The Bertz CT molecular complexity index is 779. The van der Waals surface area contributed by atoms with Crippen molar-refractivity contribution in [1.82, 2.24) is 9.78 Å². The molecule has 4 rings (SSSR count). The van der Waals surface area contributed by atoms with Gasteiger partial charge in [0.2, 0.25) is 0 Å². The molecule has 0 aliphatic carbocycles. The molecule has 2 saturated heterocycles. The summed E-state index contributed by atoms with van der Waals surface area (Å²) in [5.74, 6) is 0. The first-order valence-corrected chi connectivity index (χ1v) is 8.17. The van der Waals surface area contributed by atoms with Crippen LogP contribution in [0.5, 0.6) is 0 Å². The largest absolute Gasteiger partial charge is 0.472 e. The summed E-state index contributed by atoms with van der Waals surface area (Å²) >= 11 is 0. The summed E-state index contributed by atoms with van der Waals surface area (Å²) in [6.45, 7) is -0.132. The number of nitrogens with two attached hydrogens (primary N) is 1. The lowest BCUT2D eigenvalue weighted by molar-refractivity contribution is -0.0693. The number of benzene rings is 1. The van der Waals surface area contributed by atoms with Crippen molar-refractivity contribution in [3.8, 4) is 0 Å². The Morgan fingerprint density at radius 1 is 1.45 bits per heavy atom. The van der Waals surface area contributed by atoms with Crippen LogP contribution in [0.1, 0.15) is 6.23 Å². The van der Waals surface area contributed by atoms with Crippen LogP contribution in [0.4, 0.5) is 5.69 Å². The molecule has 3 heterocycles. The van der Waals surface area contributed by atoms with Crippen LogP contribution in [0, 0.1) is 0 Å². The van der Waals surface area contributed by atoms with Gasteiger partial charge in [0.25, 0.3) is 0 Å². The monoisotopic (exact) mass is 327 g/mol. The Hall–Kier alpha value is -1.48. The Labute approximate surface area is 124 Å². The predicted octanol–water partition coefficient (Wildman–Crippen LogP) is 0.393. The van der Waals surface area contributed by atoms with Crippen molar-refractivity contribution in [2.24, 2.45) is 0 Å². The van der Waals surface area contributed by atoms with Gasteiger partial charge in [-0.2, -0.15) is 5.10 Å². The SMILES string of the molecule is Nc1cccc2c1cnn2[C@@H]1O[C@@H]2COP(=O)(O)O[C@H]2[C@H]1O. The van der Waals surface area contributed by atoms with E-state index < -0.39 is 32.4 Å². The van der Waals surface area contributed by atoms with Gasteiger partial charge in [0, 0.05) is 11.1 Å². The minimum Gasteiger partial charge on any atom is -0.398 e. The number of phosphoric ester groups is 1. The molecule has 118 valence electrons. The molecule has 2 aliphatic heterocycles. The smallest absolute Gasteiger partial charge is 0.398 e. The van der Waals surface area contributed by atoms with Gasteiger partial charge < -0.3 is 20.5 Å². The van der Waals surface area contributed by atoms with E-state index in [2.05, 4.69) is 5.10 Å². The van der Waals surface area contributed by atoms with Gasteiger partial charge in [-0.3, -0.25) is 9.05 Å². The first kappa shape index (κ1) is 14.1. The van der Waals surface area contributed by atoms with E-state index in [0.717, 1.165) is 5.39 Å². The molecule has 1 aromatic carbocycles. The van der Waals surface area contributed by atoms with Crippen molar-refractivity contribution in [3.05, 3.63) is 24.4 Å². The van der Waals surface area contributed by atoms with E-state index in [1.54, 1.807) is 24.4 Å². The number of aliphatic hydroxyl groups is 1. The molecule has 1 aromatic heterocycles. The number of rotatable bonds is 1. The fourth-order valence-corrected chi connectivity index (χ4v) is 3.80. The highest BCUT2D eigenvalue weighted by atomic mass is 31.2. The van der Waals surface area contributed by atoms with E-state index in [4.69, 9.17) is 19.5 Å². The third-order valence-electron chi connectivity index (χ3n) is 3.88. The van der Waals surface area contributed by atoms with Gasteiger partial charge in [0.05, 0.1) is 18.3 Å². The maximum Gasteiger partial charge on any atom is 0.472 e. The molecule has 0 radical (unpaired) electrons. The molecule has 22 heavy (non-hydrogen) atoms. The van der Waals surface area contributed by atoms with E-state index >= 15 is 0 Å². The first-order valence-electron chi connectivity index (χ1n) is 6.67. The second-order valence-electron chi connectivity index (χ2n) is 5.26. The molecule has 10 heteroatoms. The fraction of sp³-hybridized carbons (Fsp3) is 0.417. The molecule has 2 fully saturated rings. The summed E-state index contributed by atoms with van der Waals surface area (Å²) in [5.41, 5.74) is 7.14. The molecular weight excluding hydrogens is 313 g/mol. The third-order valence-corrected chi connectivity index (χ3v) is 4.87. The average Bonchev–Trinajstić information content (AvgIpc) is 3.01. The molecule has 1 unspecified atom stereocenters. The van der Waals surface area contributed by atoms with Gasteiger partial charge in [-0.05, 0) is 12.1 Å². The van der Waals surface area contributed by atoms with Gasteiger partial charge in [-0.25, -0.2) is 9.25 Å². The zero-order chi connectivity index (χ0) is 15.5. The maximum atomic E-state index is 11.5. The zero-order valence-electron chi connectivity index (χ0n) is 11.3. The van der Waals surface area contributed by atoms with Gasteiger partial charge in [0.1, 0.15) is 18.3 Å². The van der Waals surface area contributed by atoms with Crippen molar-refractivity contribution in [2.75, 3.05) is 12.3 Å². The van der Waals surface area contributed by atoms with Crippen molar-refractivity contribution in [2.45, 2.75) is 24.5 Å². The van der Waals surface area contributed by atoms with E-state index in [9.17, 15) is 14.6 Å². The molecule has 4 N–H and O–H groups in total. The number of phosphoric acid groups is 1. The second-order valence-corrected chi connectivity index (χ2v) is 6.67. The highest BCUT2D eigenvalue weighted by molar-refractivity contribution is 7.47. The molecule has 0 amide bonds. The minimum atomic E-state index is -4.14. The van der Waals surface area contributed by atoms with Gasteiger partial charge in [-0.1, -0.05) is 6.07 Å². The summed E-state index contributed by atoms with van der Waals surface area (Å²) in [7, 11) is -4.14. The number of ether oxygens (including phenoxy) is 1. The van der Waals surface area contributed by atoms with Crippen molar-refractivity contribution in [1.29, 1.82) is 0 Å². The summed E-state index contributed by atoms with van der Waals surface area (Å²) in [4.78, 5) is 9.37. The third kappa shape index (κ3) is 2.06. The normalized spacial score (nSPS) is 38.3. The number of aromatic nitrogens is 2. The van der Waals surface area contributed by atoms with Gasteiger partial charge in [-0.15, -0.1) is 0 Å². The second kappa shape index (κ2) is 4.76. The highest BCUT2D eigenvalue weighted by Gasteiger charge is 2.52. The average molecular weight is 327 g/mol. The van der Waals surface area contributed by atoms with E-state index in [0.29, 0.717) is 11.2 Å². The molecule has 9 nitrogen and oxygen atoms in total. The fourth-order valence-electron chi connectivity index (χ4n) is 2.83. The number of nitrogens with zero attached hydrogens (tertiary/aromatic N) is 2. The molecule has 0 spiro atoms. The van der Waals surface area contributed by atoms with Crippen LogP contribution in [0.3, 0.4) is 0 Å². The van der Waals surface area contributed by atoms with Crippen molar-refractivity contribution >= 4 is 24.4 Å². The maximum absolute atomic E-state index is 11.5. The van der Waals surface area contributed by atoms with Gasteiger partial charge >= 0.3 is 7.82 Å². The summed E-state index contributed by atoms with van der Waals surface area (Å²) in [6.07, 6.45) is -2.02. The van der Waals surface area contributed by atoms with Crippen LogP contribution in [0.2, 0.25) is 0 Å². The predicted molar refractivity (Wildman–Crippen MR) is 74.7 cm³/mol. The van der Waals surface area contributed by atoms with Crippen LogP contribution in [0.15, 0.2) is 24.4 Å². The summed E-state index contributed by atoms with van der Waals surface area (Å²) < 4.78 is 28.3. The van der Waals surface area contributed by atoms with Crippen molar-refractivity contribution < 1.29 is 28.3 Å². The minimum absolute atomic E-state index is 0.132. The first-order chi connectivity index (χ1) is 10.5. The quantitative estimate of drug-likeness (QED) is 0.507. The van der Waals surface area contributed by atoms with Crippen molar-refractivity contribution in [3.63, 3.8) is 0 Å². The van der Waals surface area contributed by atoms with E-state index in [1.807, 2.05) is 0 Å². The molecule has 2 aliphatic rings. The van der Waals surface area contributed by atoms with E-state index in [-0.39, 0.29) is 6.61 Å². The number of hydrogen-bond donors (Lipinski definition) is 3. The Kier molecular flexibility index (Phi) is 3.06. The zero-order valence-corrected chi connectivity index (χ0v) is 12.2. The standard InChI is InChI=1S/C12H14N3O6P/c13-7-2-1-3-8-6(7)4-14-15(8)12-10(16)11-9(20-12)5-19-22(17,18)21-11/h1-4,9-12,16H,5,13H2,(H,17,18)/t9-,10-,11-,12-/m1/s1. The number of fused-ring (bicyclic) bond motifs is 2. The lowest BCUT2D eigenvalue weighted by Crippen LogP contribution is -2.39. The highest BCUT2D eigenvalue weighted by Crippen LogP contribution is 2.52. The molecular formula is C12H14N3O6P. The topological polar surface area (TPSA) is 129 Å². The van der Waals surface area contributed by atoms with Gasteiger partial charge in [0.15, 0.2) is 6.23 Å². The Morgan fingerprint density at radius 3 is 3.09 bits per heavy atom. The Balaban J connectivity index is 1.71. The van der Waals surface area contributed by atoms with Crippen LogP contribution in [-0.4, -0.2) is 44.7 Å². The number of aliphatic hydroxyl groups excluding tert-OH is 1.